The number of carbonyl (C=O) groups excluding carboxylic acids is 2. The van der Waals surface area contributed by atoms with Gasteiger partial charge in [0.2, 0.25) is 0 Å². The summed E-state index contributed by atoms with van der Waals surface area (Å²) >= 11 is 0. The molecule has 184 valence electrons. The maximum atomic E-state index is 13.5. The fraction of sp³-hybridized carbons (Fsp3) is 0.241. The minimum Gasteiger partial charge on any atom is -0.322 e. The Kier molecular flexibility index (Phi) is 10.8. The van der Waals surface area contributed by atoms with Crippen LogP contribution >= 0.6 is 0 Å². The molecule has 2 N–H and O–H groups in total. The Balaban J connectivity index is 0.00000100. The topological polar surface area (TPSA) is 61.4 Å². The van der Waals surface area contributed by atoms with E-state index < -0.39 is 0 Å². The third kappa shape index (κ3) is 7.90. The maximum absolute atomic E-state index is 13.5. The Hall–Kier alpha value is -3.77. The van der Waals surface area contributed by atoms with Crippen LogP contribution in [-0.4, -0.2) is 25.8 Å². The van der Waals surface area contributed by atoms with E-state index in [0.717, 1.165) is 41.0 Å². The monoisotopic (exact) mass is 475 g/mol. The lowest BCUT2D eigenvalue weighted by Crippen LogP contribution is -2.17. The van der Waals surface area contributed by atoms with E-state index in [1.807, 2.05) is 63.1 Å². The highest BCUT2D eigenvalue weighted by Gasteiger charge is 2.16. The van der Waals surface area contributed by atoms with Gasteiger partial charge < -0.3 is 20.3 Å². The number of nitrogens with one attached hydrogen (secondary N) is 2. The molecule has 1 amide bonds. The van der Waals surface area contributed by atoms with Crippen LogP contribution in [0.25, 0.3) is 0 Å². The molecule has 0 aliphatic carbocycles. The first-order valence-electron chi connectivity index (χ1n) is 11.6. The van der Waals surface area contributed by atoms with E-state index in [2.05, 4.69) is 17.6 Å². The lowest BCUT2D eigenvalue weighted by Gasteiger charge is -2.28. The van der Waals surface area contributed by atoms with Crippen molar-refractivity contribution < 1.29 is 14.0 Å². The zero-order valence-corrected chi connectivity index (χ0v) is 21.1. The van der Waals surface area contributed by atoms with Crippen molar-refractivity contribution in [2.75, 3.05) is 23.8 Å². The van der Waals surface area contributed by atoms with Gasteiger partial charge >= 0.3 is 0 Å². The molecule has 0 aliphatic rings. The van der Waals surface area contributed by atoms with Gasteiger partial charge in [-0.05, 0) is 94.0 Å². The summed E-state index contributed by atoms with van der Waals surface area (Å²) in [4.78, 5) is 25.5. The number of halogens is 1. The van der Waals surface area contributed by atoms with Crippen LogP contribution < -0.4 is 15.5 Å². The molecule has 0 saturated carbocycles. The van der Waals surface area contributed by atoms with Gasteiger partial charge in [-0.3, -0.25) is 4.79 Å². The Morgan fingerprint density at radius 3 is 2.20 bits per heavy atom. The largest absolute Gasteiger partial charge is 0.322 e. The van der Waals surface area contributed by atoms with Gasteiger partial charge in [0.25, 0.3) is 5.91 Å². The normalized spacial score (nSPS) is 10.7. The van der Waals surface area contributed by atoms with E-state index in [4.69, 9.17) is 0 Å². The van der Waals surface area contributed by atoms with Gasteiger partial charge in [0, 0.05) is 34.7 Å². The highest BCUT2D eigenvalue weighted by Crippen LogP contribution is 2.33. The SMILES string of the molecule is C/C=C(/C)N(c1ccc(F)cc1)c1cc(C(=O)Nc2ccc(CC=O)cc2)ccc1C.CCNC. The van der Waals surface area contributed by atoms with Crippen LogP contribution in [-0.2, 0) is 11.2 Å². The van der Waals surface area contributed by atoms with Crippen molar-refractivity contribution in [1.29, 1.82) is 0 Å². The predicted molar refractivity (Wildman–Crippen MR) is 143 cm³/mol. The molecule has 6 heteroatoms. The van der Waals surface area contributed by atoms with Gasteiger partial charge in [-0.25, -0.2) is 4.39 Å². The third-order valence-corrected chi connectivity index (χ3v) is 5.45. The number of hydrogen-bond acceptors (Lipinski definition) is 4. The van der Waals surface area contributed by atoms with E-state index in [1.54, 1.807) is 30.3 Å². The third-order valence-electron chi connectivity index (χ3n) is 5.45. The average molecular weight is 476 g/mol. The zero-order valence-electron chi connectivity index (χ0n) is 21.1. The summed E-state index contributed by atoms with van der Waals surface area (Å²) in [6, 6.07) is 19.0. The second-order valence-corrected chi connectivity index (χ2v) is 7.97. The number of nitrogens with zero attached hydrogens (tertiary/aromatic N) is 1. The summed E-state index contributed by atoms with van der Waals surface area (Å²) in [7, 11) is 1.93. The second-order valence-electron chi connectivity index (χ2n) is 7.97. The number of aryl methyl sites for hydroxylation is 1. The van der Waals surface area contributed by atoms with Crippen LogP contribution in [0.1, 0.15) is 42.3 Å². The lowest BCUT2D eigenvalue weighted by atomic mass is 10.1. The van der Waals surface area contributed by atoms with Crippen LogP contribution in [0.3, 0.4) is 0 Å². The van der Waals surface area contributed by atoms with Crippen LogP contribution in [0, 0.1) is 12.7 Å². The number of aldehydes is 1. The summed E-state index contributed by atoms with van der Waals surface area (Å²) in [6.07, 6.45) is 3.16. The Labute approximate surface area is 207 Å². The summed E-state index contributed by atoms with van der Waals surface area (Å²) in [6.45, 7) is 9.02. The molecule has 3 aromatic rings. The van der Waals surface area contributed by atoms with Crippen molar-refractivity contribution in [3.63, 3.8) is 0 Å². The molecular formula is C29H34FN3O2. The standard InChI is InChI=1S/C26H25FN2O2.C3H9N/c1-4-19(3)29(24-13-9-22(27)10-14-24)25-17-21(8-5-18(25)2)26(31)28-23-11-6-20(7-12-23)15-16-30;1-3-4-2/h4-14,16-17H,15H2,1-3H3,(H,28,31);4H,3H2,1-2H3/b19-4-;. The van der Waals surface area contributed by atoms with Gasteiger partial charge in [-0.1, -0.05) is 31.2 Å². The minimum absolute atomic E-state index is 0.235. The van der Waals surface area contributed by atoms with Gasteiger partial charge in [-0.15, -0.1) is 0 Å². The summed E-state index contributed by atoms with van der Waals surface area (Å²) < 4.78 is 13.5. The molecule has 3 aromatic carbocycles. The molecule has 0 bridgehead atoms. The molecule has 0 aromatic heterocycles. The lowest BCUT2D eigenvalue weighted by molar-refractivity contribution is -0.107. The van der Waals surface area contributed by atoms with E-state index in [9.17, 15) is 14.0 Å². The maximum Gasteiger partial charge on any atom is 0.255 e. The van der Waals surface area contributed by atoms with Gasteiger partial charge in [0.15, 0.2) is 0 Å². The number of benzene rings is 3. The molecule has 0 atom stereocenters. The highest BCUT2D eigenvalue weighted by atomic mass is 19.1. The zero-order chi connectivity index (χ0) is 25.8. The molecule has 3 rings (SSSR count). The first-order valence-corrected chi connectivity index (χ1v) is 11.6. The molecule has 5 nitrogen and oxygen atoms in total. The summed E-state index contributed by atoms with van der Waals surface area (Å²) in [5.74, 6) is -0.535. The number of rotatable bonds is 8. The Bertz CT molecular complexity index is 1140. The van der Waals surface area contributed by atoms with Crippen molar-refractivity contribution in [3.05, 3.63) is 101 Å². The van der Waals surface area contributed by atoms with E-state index in [0.29, 0.717) is 17.7 Å². The van der Waals surface area contributed by atoms with Crippen molar-refractivity contribution in [2.45, 2.75) is 34.1 Å². The Morgan fingerprint density at radius 2 is 1.66 bits per heavy atom. The number of hydrogen-bond donors (Lipinski definition) is 2. The number of amides is 1. The number of anilines is 3. The van der Waals surface area contributed by atoms with Crippen LogP contribution in [0.15, 0.2) is 78.5 Å². The second kappa shape index (κ2) is 13.8. The van der Waals surface area contributed by atoms with Crippen molar-refractivity contribution in [1.82, 2.24) is 5.32 Å². The molecule has 35 heavy (non-hydrogen) atoms. The molecule has 0 radical (unpaired) electrons. The van der Waals surface area contributed by atoms with E-state index in [-0.39, 0.29) is 11.7 Å². The van der Waals surface area contributed by atoms with Gasteiger partial charge in [0.1, 0.15) is 12.1 Å². The quantitative estimate of drug-likeness (QED) is 0.369. The van der Waals surface area contributed by atoms with E-state index >= 15 is 0 Å². The van der Waals surface area contributed by atoms with Crippen molar-refractivity contribution in [3.8, 4) is 0 Å². The van der Waals surface area contributed by atoms with Crippen LogP contribution in [0.2, 0.25) is 0 Å². The summed E-state index contributed by atoms with van der Waals surface area (Å²) in [5, 5.41) is 5.82. The average Bonchev–Trinajstić information content (AvgIpc) is 2.87. The molecular weight excluding hydrogens is 441 g/mol. The predicted octanol–water partition coefficient (Wildman–Crippen LogP) is 6.42. The highest BCUT2D eigenvalue weighted by molar-refractivity contribution is 6.05. The number of carbonyl (C=O) groups is 2. The fourth-order valence-electron chi connectivity index (χ4n) is 3.27. The van der Waals surface area contributed by atoms with Crippen LogP contribution in [0.5, 0.6) is 0 Å². The molecule has 0 unspecified atom stereocenters. The molecule has 0 spiro atoms. The number of allylic oxidation sites excluding steroid dienone is 2. The van der Waals surface area contributed by atoms with Gasteiger partial charge in [-0.2, -0.15) is 0 Å². The summed E-state index contributed by atoms with van der Waals surface area (Å²) in [5.41, 5.74) is 5.65. The van der Waals surface area contributed by atoms with Crippen molar-refractivity contribution in [2.24, 2.45) is 0 Å². The van der Waals surface area contributed by atoms with E-state index in [1.165, 1.54) is 12.1 Å². The van der Waals surface area contributed by atoms with Crippen LogP contribution in [0.4, 0.5) is 21.5 Å². The van der Waals surface area contributed by atoms with Crippen molar-refractivity contribution >= 4 is 29.3 Å². The Morgan fingerprint density at radius 1 is 1.03 bits per heavy atom. The first-order chi connectivity index (χ1) is 16.8. The molecule has 0 fully saturated rings. The fourth-order valence-corrected chi connectivity index (χ4v) is 3.27. The molecule has 0 heterocycles. The molecule has 0 saturated heterocycles. The van der Waals surface area contributed by atoms with Gasteiger partial charge in [0.05, 0.1) is 0 Å². The first kappa shape index (κ1) is 27.5. The minimum atomic E-state index is -0.300. The molecule has 0 aliphatic heterocycles. The smallest absolute Gasteiger partial charge is 0.255 e.